The molecule has 1 nitrogen and oxygen atoms in total. The maximum Gasteiger partial charge on any atom is 0.416 e. The van der Waals surface area contributed by atoms with E-state index in [2.05, 4.69) is 6.58 Å². The Morgan fingerprint density at radius 1 is 1.27 bits per heavy atom. The lowest BCUT2D eigenvalue weighted by Gasteiger charge is -2.08. The Labute approximate surface area is 86.2 Å². The molecule has 0 radical (unpaired) electrons. The van der Waals surface area contributed by atoms with Gasteiger partial charge < -0.3 is 4.74 Å². The first kappa shape index (κ1) is 11.6. The summed E-state index contributed by atoms with van der Waals surface area (Å²) in [6, 6.07) is 4.87. The lowest BCUT2D eigenvalue weighted by atomic mass is 10.1. The molecule has 0 spiro atoms. The van der Waals surface area contributed by atoms with Crippen molar-refractivity contribution in [3.8, 4) is 0 Å². The molecule has 0 saturated carbocycles. The molecule has 1 aromatic rings. The molecule has 0 aromatic heterocycles. The monoisotopic (exact) mass is 216 g/mol. The number of ether oxygens (including phenoxy) is 1. The van der Waals surface area contributed by atoms with Crippen molar-refractivity contribution in [3.05, 3.63) is 47.7 Å². The van der Waals surface area contributed by atoms with Gasteiger partial charge in [0.15, 0.2) is 0 Å². The van der Waals surface area contributed by atoms with Crippen molar-refractivity contribution in [2.75, 3.05) is 0 Å². The Hall–Kier alpha value is -1.45. The molecule has 0 aliphatic heterocycles. The number of rotatable bonds is 3. The van der Waals surface area contributed by atoms with Crippen LogP contribution >= 0.6 is 0 Å². The largest absolute Gasteiger partial charge is 0.494 e. The van der Waals surface area contributed by atoms with E-state index >= 15 is 0 Å². The highest BCUT2D eigenvalue weighted by Gasteiger charge is 2.29. The predicted molar refractivity (Wildman–Crippen MR) is 51.0 cm³/mol. The first-order chi connectivity index (χ1) is 6.89. The van der Waals surface area contributed by atoms with Crippen molar-refractivity contribution >= 4 is 0 Å². The van der Waals surface area contributed by atoms with Crippen molar-refractivity contribution in [1.29, 1.82) is 0 Å². The van der Waals surface area contributed by atoms with E-state index in [1.807, 2.05) is 0 Å². The van der Waals surface area contributed by atoms with Crippen molar-refractivity contribution in [3.63, 3.8) is 0 Å². The van der Waals surface area contributed by atoms with E-state index in [9.17, 15) is 13.2 Å². The second-order valence-electron chi connectivity index (χ2n) is 3.19. The number of alkyl halides is 3. The minimum Gasteiger partial charge on any atom is -0.494 e. The average Bonchev–Trinajstić information content (AvgIpc) is 2.14. The molecular formula is C11H11F3O. The predicted octanol–water partition coefficient (Wildman–Crippen LogP) is 3.76. The van der Waals surface area contributed by atoms with Crippen LogP contribution in [-0.2, 0) is 17.5 Å². The molecule has 0 aliphatic rings. The number of allylic oxidation sites excluding steroid dienone is 1. The molecule has 0 saturated heterocycles. The summed E-state index contributed by atoms with van der Waals surface area (Å²) in [5.41, 5.74) is 0.0348. The van der Waals surface area contributed by atoms with Gasteiger partial charge in [-0.1, -0.05) is 18.7 Å². The summed E-state index contributed by atoms with van der Waals surface area (Å²) in [7, 11) is 0. The highest BCUT2D eigenvalue weighted by molar-refractivity contribution is 5.24. The molecule has 15 heavy (non-hydrogen) atoms. The lowest BCUT2D eigenvalue weighted by molar-refractivity contribution is -0.137. The van der Waals surface area contributed by atoms with Gasteiger partial charge in [-0.05, 0) is 24.6 Å². The van der Waals surface area contributed by atoms with Crippen molar-refractivity contribution < 1.29 is 17.9 Å². The van der Waals surface area contributed by atoms with Crippen molar-refractivity contribution in [2.24, 2.45) is 0 Å². The molecule has 0 amide bonds. The normalized spacial score (nSPS) is 11.2. The third-order valence-corrected chi connectivity index (χ3v) is 1.77. The van der Waals surface area contributed by atoms with E-state index in [4.69, 9.17) is 4.74 Å². The van der Waals surface area contributed by atoms with Crippen LogP contribution in [0.5, 0.6) is 0 Å². The van der Waals surface area contributed by atoms with E-state index in [0.717, 1.165) is 12.1 Å². The zero-order valence-electron chi connectivity index (χ0n) is 8.27. The molecule has 0 bridgehead atoms. The molecule has 0 N–H and O–H groups in total. The molecule has 1 rings (SSSR count). The van der Waals surface area contributed by atoms with Crippen LogP contribution in [0.4, 0.5) is 13.2 Å². The smallest absolute Gasteiger partial charge is 0.416 e. The number of benzene rings is 1. The van der Waals surface area contributed by atoms with Crippen LogP contribution in [0.15, 0.2) is 36.6 Å². The highest BCUT2D eigenvalue weighted by atomic mass is 19.4. The Bertz CT molecular complexity index is 338. The summed E-state index contributed by atoms with van der Waals surface area (Å²) in [5.74, 6) is 0.537. The second-order valence-corrected chi connectivity index (χ2v) is 3.19. The van der Waals surface area contributed by atoms with Crippen LogP contribution in [0.3, 0.4) is 0 Å². The Kier molecular flexibility index (Phi) is 3.39. The van der Waals surface area contributed by atoms with E-state index in [-0.39, 0.29) is 6.61 Å². The SMILES string of the molecule is C=C(C)OCc1ccc(C(F)(F)F)cc1. The summed E-state index contributed by atoms with van der Waals surface area (Å²) in [6.45, 7) is 5.45. The fraction of sp³-hybridized carbons (Fsp3) is 0.273. The Balaban J connectivity index is 2.69. The minimum absolute atomic E-state index is 0.244. The first-order valence-electron chi connectivity index (χ1n) is 4.34. The molecule has 4 heteroatoms. The van der Waals surface area contributed by atoms with Crippen LogP contribution in [0, 0.1) is 0 Å². The van der Waals surface area contributed by atoms with Crippen LogP contribution in [0.1, 0.15) is 18.1 Å². The highest BCUT2D eigenvalue weighted by Crippen LogP contribution is 2.29. The van der Waals surface area contributed by atoms with Crippen LogP contribution < -0.4 is 0 Å². The van der Waals surface area contributed by atoms with Crippen LogP contribution in [0.2, 0.25) is 0 Å². The van der Waals surface area contributed by atoms with Crippen LogP contribution in [0.25, 0.3) is 0 Å². The van der Waals surface area contributed by atoms with Gasteiger partial charge >= 0.3 is 6.18 Å². The topological polar surface area (TPSA) is 9.23 Å². The molecule has 0 aliphatic carbocycles. The van der Waals surface area contributed by atoms with Crippen molar-refractivity contribution in [1.82, 2.24) is 0 Å². The maximum atomic E-state index is 12.2. The summed E-state index contributed by atoms with van der Waals surface area (Å²) in [4.78, 5) is 0. The molecule has 0 heterocycles. The number of hydrogen-bond acceptors (Lipinski definition) is 1. The van der Waals surface area contributed by atoms with E-state index in [1.165, 1.54) is 12.1 Å². The van der Waals surface area contributed by atoms with Gasteiger partial charge in [-0.25, -0.2) is 0 Å². The summed E-state index contributed by atoms with van der Waals surface area (Å²) in [5, 5.41) is 0. The van der Waals surface area contributed by atoms with E-state index in [0.29, 0.717) is 11.3 Å². The Morgan fingerprint density at radius 3 is 2.20 bits per heavy atom. The Morgan fingerprint density at radius 2 is 1.80 bits per heavy atom. The fourth-order valence-corrected chi connectivity index (χ4v) is 0.996. The van der Waals surface area contributed by atoms with Crippen LogP contribution in [-0.4, -0.2) is 0 Å². The zero-order valence-corrected chi connectivity index (χ0v) is 8.27. The van der Waals surface area contributed by atoms with Gasteiger partial charge in [-0.15, -0.1) is 0 Å². The fourth-order valence-electron chi connectivity index (χ4n) is 0.996. The van der Waals surface area contributed by atoms with E-state index in [1.54, 1.807) is 6.92 Å². The van der Waals surface area contributed by atoms with E-state index < -0.39 is 11.7 Å². The maximum absolute atomic E-state index is 12.2. The molecule has 1 aromatic carbocycles. The number of hydrogen-bond donors (Lipinski definition) is 0. The number of halogens is 3. The van der Waals surface area contributed by atoms with Gasteiger partial charge in [-0.3, -0.25) is 0 Å². The summed E-state index contributed by atoms with van der Waals surface area (Å²) < 4.78 is 41.6. The minimum atomic E-state index is -4.28. The zero-order chi connectivity index (χ0) is 11.5. The van der Waals surface area contributed by atoms with Gasteiger partial charge in [-0.2, -0.15) is 13.2 Å². The molecule has 82 valence electrons. The molecule has 0 atom stereocenters. The average molecular weight is 216 g/mol. The molecule has 0 unspecified atom stereocenters. The van der Waals surface area contributed by atoms with Gasteiger partial charge in [0.2, 0.25) is 0 Å². The van der Waals surface area contributed by atoms with Crippen molar-refractivity contribution in [2.45, 2.75) is 19.7 Å². The second kappa shape index (κ2) is 4.38. The first-order valence-corrected chi connectivity index (χ1v) is 4.34. The molecular weight excluding hydrogens is 205 g/mol. The standard InChI is InChI=1S/C11H11F3O/c1-8(2)15-7-9-3-5-10(6-4-9)11(12,13)14/h3-6H,1,7H2,2H3. The summed E-state index contributed by atoms with van der Waals surface area (Å²) >= 11 is 0. The lowest BCUT2D eigenvalue weighted by Crippen LogP contribution is -2.04. The molecule has 0 fully saturated rings. The van der Waals surface area contributed by atoms with Gasteiger partial charge in [0.1, 0.15) is 6.61 Å². The van der Waals surface area contributed by atoms with Gasteiger partial charge in [0.25, 0.3) is 0 Å². The third-order valence-electron chi connectivity index (χ3n) is 1.77. The van der Waals surface area contributed by atoms with Gasteiger partial charge in [0, 0.05) is 0 Å². The summed E-state index contributed by atoms with van der Waals surface area (Å²) in [6.07, 6.45) is -4.28. The van der Waals surface area contributed by atoms with Gasteiger partial charge in [0.05, 0.1) is 11.3 Å². The quantitative estimate of drug-likeness (QED) is 0.699. The third kappa shape index (κ3) is 3.65.